The molecule has 2 aromatic carbocycles. The number of hydrogen-bond donors (Lipinski definition) is 1. The van der Waals surface area contributed by atoms with E-state index >= 15 is 0 Å². The van der Waals surface area contributed by atoms with Crippen LogP contribution in [0.2, 0.25) is 0 Å². The lowest BCUT2D eigenvalue weighted by molar-refractivity contribution is -0.128. The van der Waals surface area contributed by atoms with Crippen molar-refractivity contribution in [1.82, 2.24) is 20.0 Å². The largest absolute Gasteiger partial charge is 0.349 e. The number of likely N-dealkylation sites (tertiary alicyclic amines) is 1. The fraction of sp³-hybridized carbons (Fsp3) is 0.250. The fourth-order valence-corrected chi connectivity index (χ4v) is 3.47. The molecule has 1 aliphatic heterocycles. The molecule has 0 saturated carbocycles. The smallest absolute Gasteiger partial charge is 0.242 e. The monoisotopic (exact) mass is 348 g/mol. The van der Waals surface area contributed by atoms with E-state index in [0.717, 1.165) is 10.9 Å². The molecular weight excluding hydrogens is 328 g/mol. The first kappa shape index (κ1) is 16.3. The van der Waals surface area contributed by atoms with Gasteiger partial charge in [0.05, 0.1) is 6.04 Å². The van der Waals surface area contributed by atoms with E-state index in [1.165, 1.54) is 5.39 Å². The van der Waals surface area contributed by atoms with E-state index in [9.17, 15) is 9.59 Å². The number of carbonyl (C=O) groups excluding carboxylic acids is 2. The topological polar surface area (TPSA) is 67.2 Å². The second-order valence-electron chi connectivity index (χ2n) is 6.58. The van der Waals surface area contributed by atoms with Crippen LogP contribution in [0.25, 0.3) is 10.8 Å². The van der Waals surface area contributed by atoms with Gasteiger partial charge in [0.1, 0.15) is 6.54 Å². The fourth-order valence-electron chi connectivity index (χ4n) is 3.47. The molecule has 26 heavy (non-hydrogen) atoms. The first-order valence-electron chi connectivity index (χ1n) is 8.70. The first-order valence-corrected chi connectivity index (χ1v) is 8.70. The number of rotatable bonds is 5. The van der Waals surface area contributed by atoms with Gasteiger partial charge in [-0.25, -0.2) is 0 Å². The Balaban J connectivity index is 1.41. The van der Waals surface area contributed by atoms with Crippen molar-refractivity contribution >= 4 is 22.6 Å². The number of amides is 2. The zero-order valence-corrected chi connectivity index (χ0v) is 14.3. The van der Waals surface area contributed by atoms with Crippen molar-refractivity contribution in [3.8, 4) is 0 Å². The maximum Gasteiger partial charge on any atom is 0.242 e. The van der Waals surface area contributed by atoms with Gasteiger partial charge in [0.2, 0.25) is 11.8 Å². The molecule has 0 spiro atoms. The van der Waals surface area contributed by atoms with Crippen LogP contribution >= 0.6 is 0 Å². The molecule has 1 aliphatic rings. The van der Waals surface area contributed by atoms with Crippen molar-refractivity contribution in [2.24, 2.45) is 0 Å². The molecule has 132 valence electrons. The number of aromatic nitrogens is 2. The third kappa shape index (κ3) is 3.44. The Hall–Kier alpha value is -3.15. The van der Waals surface area contributed by atoms with Gasteiger partial charge in [-0.1, -0.05) is 42.5 Å². The minimum Gasteiger partial charge on any atom is -0.349 e. The van der Waals surface area contributed by atoms with Crippen LogP contribution in [0.3, 0.4) is 0 Å². The van der Waals surface area contributed by atoms with E-state index in [-0.39, 0.29) is 24.4 Å². The van der Waals surface area contributed by atoms with E-state index in [2.05, 4.69) is 34.7 Å². The van der Waals surface area contributed by atoms with Gasteiger partial charge in [0, 0.05) is 31.9 Å². The highest BCUT2D eigenvalue weighted by atomic mass is 16.2. The van der Waals surface area contributed by atoms with Crippen LogP contribution in [0.5, 0.6) is 0 Å². The summed E-state index contributed by atoms with van der Waals surface area (Å²) in [6.45, 7) is 1.26. The Labute approximate surface area is 151 Å². The summed E-state index contributed by atoms with van der Waals surface area (Å²) in [7, 11) is 0. The van der Waals surface area contributed by atoms with Crippen molar-refractivity contribution in [3.05, 3.63) is 66.5 Å². The summed E-state index contributed by atoms with van der Waals surface area (Å²) in [6.07, 6.45) is 3.72. The summed E-state index contributed by atoms with van der Waals surface area (Å²) < 4.78 is 1.57. The molecule has 1 atom stereocenters. The standard InChI is InChI=1S/C20H20N4O2/c25-19(14-24-10-4-9-21-24)22-17-11-20(26)23(13-17)12-16-7-3-6-15-5-1-2-8-18(15)16/h1-10,17H,11-14H2,(H,22,25)/t17-/m0/s1. The molecule has 0 aliphatic carbocycles. The molecular formula is C20H20N4O2. The lowest BCUT2D eigenvalue weighted by Gasteiger charge is -2.18. The number of fused-ring (bicyclic) bond motifs is 1. The third-order valence-corrected chi connectivity index (χ3v) is 4.69. The third-order valence-electron chi connectivity index (χ3n) is 4.69. The Kier molecular flexibility index (Phi) is 4.39. The van der Waals surface area contributed by atoms with Gasteiger partial charge in [-0.05, 0) is 22.4 Å². The highest BCUT2D eigenvalue weighted by Crippen LogP contribution is 2.22. The maximum absolute atomic E-state index is 12.4. The second-order valence-corrected chi connectivity index (χ2v) is 6.58. The summed E-state index contributed by atoms with van der Waals surface area (Å²) in [4.78, 5) is 26.3. The SMILES string of the molecule is O=C(Cn1cccn1)N[C@H]1CC(=O)N(Cc2cccc3ccccc23)C1. The van der Waals surface area contributed by atoms with Crippen LogP contribution < -0.4 is 5.32 Å². The summed E-state index contributed by atoms with van der Waals surface area (Å²) in [5, 5.41) is 9.29. The average Bonchev–Trinajstić information content (AvgIpc) is 3.25. The molecule has 6 nitrogen and oxygen atoms in total. The predicted octanol–water partition coefficient (Wildman–Crippen LogP) is 1.95. The summed E-state index contributed by atoms with van der Waals surface area (Å²) in [6, 6.07) is 15.9. The van der Waals surface area contributed by atoms with Gasteiger partial charge in [0.25, 0.3) is 0 Å². The molecule has 1 aromatic heterocycles. The van der Waals surface area contributed by atoms with Crippen molar-refractivity contribution in [3.63, 3.8) is 0 Å². The number of carbonyl (C=O) groups is 2. The molecule has 2 amide bonds. The van der Waals surface area contributed by atoms with Crippen LogP contribution in [-0.2, 0) is 22.7 Å². The predicted molar refractivity (Wildman–Crippen MR) is 98.1 cm³/mol. The van der Waals surface area contributed by atoms with Crippen LogP contribution in [-0.4, -0.2) is 39.1 Å². The lowest BCUT2D eigenvalue weighted by atomic mass is 10.0. The summed E-state index contributed by atoms with van der Waals surface area (Å²) in [5.41, 5.74) is 1.12. The number of nitrogens with one attached hydrogen (secondary N) is 1. The van der Waals surface area contributed by atoms with Gasteiger partial charge < -0.3 is 10.2 Å². The molecule has 0 radical (unpaired) electrons. The molecule has 1 N–H and O–H groups in total. The van der Waals surface area contributed by atoms with E-state index in [0.29, 0.717) is 19.5 Å². The lowest BCUT2D eigenvalue weighted by Crippen LogP contribution is -2.38. The van der Waals surface area contributed by atoms with Crippen LogP contribution in [0.15, 0.2) is 60.9 Å². The Morgan fingerprint density at radius 2 is 2.00 bits per heavy atom. The quantitative estimate of drug-likeness (QED) is 0.766. The number of hydrogen-bond acceptors (Lipinski definition) is 3. The van der Waals surface area contributed by atoms with Gasteiger partial charge >= 0.3 is 0 Å². The van der Waals surface area contributed by atoms with Crippen molar-refractivity contribution in [1.29, 1.82) is 0 Å². The molecule has 4 rings (SSSR count). The van der Waals surface area contributed by atoms with Gasteiger partial charge in [0.15, 0.2) is 0 Å². The second kappa shape index (κ2) is 7.00. The minimum absolute atomic E-state index is 0.0716. The van der Waals surface area contributed by atoms with Gasteiger partial charge in [-0.3, -0.25) is 14.3 Å². The summed E-state index contributed by atoms with van der Waals surface area (Å²) >= 11 is 0. The van der Waals surface area contributed by atoms with E-state index in [1.54, 1.807) is 23.1 Å². The zero-order chi connectivity index (χ0) is 17.9. The van der Waals surface area contributed by atoms with E-state index < -0.39 is 0 Å². The van der Waals surface area contributed by atoms with Gasteiger partial charge in [-0.15, -0.1) is 0 Å². The highest BCUT2D eigenvalue weighted by Gasteiger charge is 2.30. The molecule has 2 heterocycles. The molecule has 3 aromatic rings. The summed E-state index contributed by atoms with van der Waals surface area (Å²) in [5.74, 6) is -0.0548. The molecule has 0 unspecified atom stereocenters. The molecule has 6 heteroatoms. The van der Waals surface area contributed by atoms with Crippen molar-refractivity contribution < 1.29 is 9.59 Å². The Morgan fingerprint density at radius 3 is 2.85 bits per heavy atom. The minimum atomic E-state index is -0.152. The van der Waals surface area contributed by atoms with Gasteiger partial charge in [-0.2, -0.15) is 5.10 Å². The highest BCUT2D eigenvalue weighted by molar-refractivity contribution is 5.87. The van der Waals surface area contributed by atoms with Crippen molar-refractivity contribution in [2.75, 3.05) is 6.54 Å². The number of nitrogens with zero attached hydrogens (tertiary/aromatic N) is 3. The van der Waals surface area contributed by atoms with Crippen LogP contribution in [0.4, 0.5) is 0 Å². The number of benzene rings is 2. The molecule has 0 bridgehead atoms. The Morgan fingerprint density at radius 1 is 1.15 bits per heavy atom. The van der Waals surface area contributed by atoms with Crippen LogP contribution in [0.1, 0.15) is 12.0 Å². The maximum atomic E-state index is 12.4. The van der Waals surface area contributed by atoms with Crippen LogP contribution in [0, 0.1) is 0 Å². The first-order chi connectivity index (χ1) is 12.7. The van der Waals surface area contributed by atoms with E-state index in [4.69, 9.17) is 0 Å². The van der Waals surface area contributed by atoms with Crippen molar-refractivity contribution in [2.45, 2.75) is 25.6 Å². The molecule has 1 saturated heterocycles. The van der Waals surface area contributed by atoms with E-state index in [1.807, 2.05) is 23.1 Å². The Bertz CT molecular complexity index is 931. The average molecular weight is 348 g/mol. The zero-order valence-electron chi connectivity index (χ0n) is 14.3. The normalized spacial score (nSPS) is 17.0. The molecule has 1 fully saturated rings.